The van der Waals surface area contributed by atoms with Crippen LogP contribution >= 0.6 is 0 Å². The summed E-state index contributed by atoms with van der Waals surface area (Å²) in [6.45, 7) is 1.38. The van der Waals surface area contributed by atoms with Crippen molar-refractivity contribution in [2.24, 2.45) is 0 Å². The molecule has 0 N–H and O–H groups in total. The third-order valence-corrected chi connectivity index (χ3v) is 1.33. The maximum absolute atomic E-state index is 12.0. The van der Waals surface area contributed by atoms with Crippen molar-refractivity contribution in [2.45, 2.75) is 13.1 Å². The van der Waals surface area contributed by atoms with Crippen LogP contribution in [0.2, 0.25) is 0 Å². The molecule has 11 heavy (non-hydrogen) atoms. The van der Waals surface area contributed by atoms with E-state index in [1.54, 1.807) is 0 Å². The zero-order valence-electron chi connectivity index (χ0n) is 5.81. The Labute approximate surface area is 61.9 Å². The second-order valence-electron chi connectivity index (χ2n) is 2.19. The van der Waals surface area contributed by atoms with Gasteiger partial charge in [0.1, 0.15) is 0 Å². The van der Waals surface area contributed by atoms with Crippen LogP contribution in [-0.2, 0) is 6.18 Å². The number of halogens is 3. The lowest BCUT2D eigenvalue weighted by Gasteiger charge is -2.07. The molecule has 0 saturated carbocycles. The van der Waals surface area contributed by atoms with Crippen LogP contribution in [0.25, 0.3) is 0 Å². The lowest BCUT2D eigenvalue weighted by atomic mass is 10.1. The van der Waals surface area contributed by atoms with Crippen LogP contribution < -0.4 is 0 Å². The van der Waals surface area contributed by atoms with Crippen molar-refractivity contribution in [1.82, 2.24) is 4.98 Å². The van der Waals surface area contributed by atoms with Crippen molar-refractivity contribution in [3.05, 3.63) is 29.6 Å². The molecule has 0 spiro atoms. The summed E-state index contributed by atoms with van der Waals surface area (Å²) >= 11 is 0. The summed E-state index contributed by atoms with van der Waals surface area (Å²) < 4.78 is 36.1. The Morgan fingerprint density at radius 3 is 2.36 bits per heavy atom. The van der Waals surface area contributed by atoms with Gasteiger partial charge in [-0.1, -0.05) is 0 Å². The summed E-state index contributed by atoms with van der Waals surface area (Å²) in [6, 6.07) is 0.968. The molecule has 1 aromatic heterocycles. The maximum Gasteiger partial charge on any atom is 0.416 e. The normalized spacial score (nSPS) is 11.6. The molecule has 0 aliphatic carbocycles. The van der Waals surface area contributed by atoms with Gasteiger partial charge in [0.2, 0.25) is 0 Å². The summed E-state index contributed by atoms with van der Waals surface area (Å²) in [4.78, 5) is 3.56. The molecule has 0 unspecified atom stereocenters. The Balaban J connectivity index is 3.14. The monoisotopic (exact) mass is 161 g/mol. The fourth-order valence-electron chi connectivity index (χ4n) is 0.791. The summed E-state index contributed by atoms with van der Waals surface area (Å²) in [5, 5.41) is 0. The molecule has 0 aliphatic heterocycles. The zero-order valence-corrected chi connectivity index (χ0v) is 5.81. The van der Waals surface area contributed by atoms with Gasteiger partial charge in [0.05, 0.1) is 5.56 Å². The number of rotatable bonds is 0. The first-order chi connectivity index (χ1) is 5.02. The van der Waals surface area contributed by atoms with E-state index in [1.165, 1.54) is 13.1 Å². The number of pyridine rings is 1. The van der Waals surface area contributed by atoms with Crippen LogP contribution in [-0.4, -0.2) is 4.98 Å². The first-order valence-corrected chi connectivity index (χ1v) is 2.99. The molecule has 0 bridgehead atoms. The molecular formula is C7H6F3N. The first-order valence-electron chi connectivity index (χ1n) is 2.99. The minimum absolute atomic E-state index is 0.153. The molecule has 0 saturated heterocycles. The predicted octanol–water partition coefficient (Wildman–Crippen LogP) is 2.41. The number of nitrogens with zero attached hydrogens (tertiary/aromatic N) is 1. The summed E-state index contributed by atoms with van der Waals surface area (Å²) in [6.07, 6.45) is -1.92. The maximum atomic E-state index is 12.0. The quantitative estimate of drug-likeness (QED) is 0.569. The van der Waals surface area contributed by atoms with Crippen LogP contribution in [0.5, 0.6) is 0 Å². The topological polar surface area (TPSA) is 12.9 Å². The van der Waals surface area contributed by atoms with Gasteiger partial charge in [0.25, 0.3) is 0 Å². The van der Waals surface area contributed by atoms with Gasteiger partial charge in [-0.25, -0.2) is 0 Å². The predicted molar refractivity (Wildman–Crippen MR) is 34.0 cm³/mol. The SMILES string of the molecule is Cc1cnccc1C(F)(F)F. The Kier molecular flexibility index (Phi) is 1.85. The standard InChI is InChI=1S/C7H6F3N/c1-5-4-11-3-2-6(5)7(8,9)10/h2-4H,1H3. The highest BCUT2D eigenvalue weighted by atomic mass is 19.4. The van der Waals surface area contributed by atoms with E-state index in [0.717, 1.165) is 12.3 Å². The Morgan fingerprint density at radius 1 is 1.36 bits per heavy atom. The molecule has 0 amide bonds. The third kappa shape index (κ3) is 1.69. The van der Waals surface area contributed by atoms with Crippen molar-refractivity contribution in [1.29, 1.82) is 0 Å². The van der Waals surface area contributed by atoms with Gasteiger partial charge in [-0.15, -0.1) is 0 Å². The van der Waals surface area contributed by atoms with E-state index < -0.39 is 11.7 Å². The molecule has 4 heteroatoms. The van der Waals surface area contributed by atoms with Crippen LogP contribution in [0.4, 0.5) is 13.2 Å². The summed E-state index contributed by atoms with van der Waals surface area (Å²) in [5.74, 6) is 0. The van der Waals surface area contributed by atoms with Gasteiger partial charge in [-0.05, 0) is 18.6 Å². The summed E-state index contributed by atoms with van der Waals surface area (Å²) in [7, 11) is 0. The molecule has 1 heterocycles. The number of hydrogen-bond acceptors (Lipinski definition) is 1. The highest BCUT2D eigenvalue weighted by Crippen LogP contribution is 2.30. The van der Waals surface area contributed by atoms with Crippen molar-refractivity contribution in [2.75, 3.05) is 0 Å². The number of hydrogen-bond donors (Lipinski definition) is 0. The number of aromatic nitrogens is 1. The molecule has 1 aromatic rings. The van der Waals surface area contributed by atoms with Crippen molar-refractivity contribution >= 4 is 0 Å². The molecular weight excluding hydrogens is 155 g/mol. The lowest BCUT2D eigenvalue weighted by molar-refractivity contribution is -0.138. The fourth-order valence-corrected chi connectivity index (χ4v) is 0.791. The minimum atomic E-state index is -4.26. The van der Waals surface area contributed by atoms with Crippen LogP contribution in [0.15, 0.2) is 18.5 Å². The van der Waals surface area contributed by atoms with Crippen LogP contribution in [0.3, 0.4) is 0 Å². The van der Waals surface area contributed by atoms with Gasteiger partial charge in [0, 0.05) is 12.4 Å². The number of aryl methyl sites for hydroxylation is 1. The van der Waals surface area contributed by atoms with Crippen LogP contribution in [0, 0.1) is 6.92 Å². The Bertz CT molecular complexity index is 254. The van der Waals surface area contributed by atoms with E-state index >= 15 is 0 Å². The Morgan fingerprint density at radius 2 is 2.00 bits per heavy atom. The molecule has 0 aromatic carbocycles. The second kappa shape index (κ2) is 2.53. The van der Waals surface area contributed by atoms with Gasteiger partial charge >= 0.3 is 6.18 Å². The molecule has 0 radical (unpaired) electrons. The highest BCUT2D eigenvalue weighted by molar-refractivity contribution is 5.24. The molecule has 0 aliphatic rings. The third-order valence-electron chi connectivity index (χ3n) is 1.33. The average molecular weight is 161 g/mol. The molecule has 1 nitrogen and oxygen atoms in total. The van der Waals surface area contributed by atoms with Crippen LogP contribution in [0.1, 0.15) is 11.1 Å². The van der Waals surface area contributed by atoms with E-state index in [0.29, 0.717) is 0 Å². The molecule has 1 rings (SSSR count). The van der Waals surface area contributed by atoms with Crippen molar-refractivity contribution in [3.8, 4) is 0 Å². The van der Waals surface area contributed by atoms with Gasteiger partial charge in [-0.3, -0.25) is 4.98 Å². The largest absolute Gasteiger partial charge is 0.416 e. The van der Waals surface area contributed by atoms with E-state index in [4.69, 9.17) is 0 Å². The van der Waals surface area contributed by atoms with E-state index in [-0.39, 0.29) is 5.56 Å². The summed E-state index contributed by atoms with van der Waals surface area (Å²) in [5.41, 5.74) is -0.465. The molecule has 0 atom stereocenters. The number of alkyl halides is 3. The zero-order chi connectivity index (χ0) is 8.48. The molecule has 60 valence electrons. The van der Waals surface area contributed by atoms with Gasteiger partial charge in [0.15, 0.2) is 0 Å². The smallest absolute Gasteiger partial charge is 0.264 e. The van der Waals surface area contributed by atoms with Crippen molar-refractivity contribution < 1.29 is 13.2 Å². The lowest BCUT2D eigenvalue weighted by Crippen LogP contribution is -2.07. The van der Waals surface area contributed by atoms with E-state index in [2.05, 4.69) is 4.98 Å². The average Bonchev–Trinajstić information content (AvgIpc) is 1.86. The minimum Gasteiger partial charge on any atom is -0.264 e. The van der Waals surface area contributed by atoms with Gasteiger partial charge < -0.3 is 0 Å². The van der Waals surface area contributed by atoms with E-state index in [9.17, 15) is 13.2 Å². The second-order valence-corrected chi connectivity index (χ2v) is 2.19. The first kappa shape index (κ1) is 8.04. The van der Waals surface area contributed by atoms with Crippen molar-refractivity contribution in [3.63, 3.8) is 0 Å². The van der Waals surface area contributed by atoms with E-state index in [1.807, 2.05) is 0 Å². The van der Waals surface area contributed by atoms with Gasteiger partial charge in [-0.2, -0.15) is 13.2 Å². The fraction of sp³-hybridized carbons (Fsp3) is 0.286. The molecule has 0 fully saturated rings. The Hall–Kier alpha value is -1.06. The highest BCUT2D eigenvalue weighted by Gasteiger charge is 2.31.